The van der Waals surface area contributed by atoms with E-state index in [9.17, 15) is 4.79 Å². The molecule has 1 heterocycles. The van der Waals surface area contributed by atoms with E-state index in [4.69, 9.17) is 5.26 Å². The van der Waals surface area contributed by atoms with Crippen molar-refractivity contribution < 1.29 is 4.79 Å². The average Bonchev–Trinajstić information content (AvgIpc) is 2.83. The van der Waals surface area contributed by atoms with Gasteiger partial charge in [-0.05, 0) is 40.2 Å². The van der Waals surface area contributed by atoms with Crippen LogP contribution < -0.4 is 5.32 Å². The van der Waals surface area contributed by atoms with Gasteiger partial charge in [-0.15, -0.1) is 0 Å². The Balaban J connectivity index is 1.85. The third-order valence-electron chi connectivity index (χ3n) is 2.47. The first-order valence-electron chi connectivity index (χ1n) is 5.65. The molecule has 0 aliphatic carbocycles. The van der Waals surface area contributed by atoms with E-state index in [2.05, 4.69) is 26.3 Å². The Morgan fingerprint density at radius 2 is 2.16 bits per heavy atom. The van der Waals surface area contributed by atoms with Crippen LogP contribution in [-0.4, -0.2) is 15.7 Å². The number of hydrogen-bond acceptors (Lipinski definition) is 3. The summed E-state index contributed by atoms with van der Waals surface area (Å²) in [5.74, 6) is -0.0867. The number of carbonyl (C=O) groups excluding carboxylic acids is 1. The van der Waals surface area contributed by atoms with Gasteiger partial charge in [0, 0.05) is 24.8 Å². The molecule has 2 aromatic rings. The SMILES string of the molecule is N#Cc1ccc(NC(=O)CCn2cc(Br)cn2)cc1. The molecule has 0 unspecified atom stereocenters. The fourth-order valence-corrected chi connectivity index (χ4v) is 1.86. The second-order valence-electron chi connectivity index (χ2n) is 3.91. The predicted molar refractivity (Wildman–Crippen MR) is 74.3 cm³/mol. The second-order valence-corrected chi connectivity index (χ2v) is 4.82. The van der Waals surface area contributed by atoms with Crippen molar-refractivity contribution in [2.75, 3.05) is 5.32 Å². The number of nitrogens with zero attached hydrogens (tertiary/aromatic N) is 3. The number of carbonyl (C=O) groups is 1. The van der Waals surface area contributed by atoms with Gasteiger partial charge in [0.15, 0.2) is 0 Å². The number of anilines is 1. The van der Waals surface area contributed by atoms with Crippen molar-refractivity contribution in [1.82, 2.24) is 9.78 Å². The van der Waals surface area contributed by atoms with Gasteiger partial charge in [0.2, 0.25) is 5.91 Å². The van der Waals surface area contributed by atoms with Crippen molar-refractivity contribution in [3.63, 3.8) is 0 Å². The molecule has 0 aliphatic rings. The van der Waals surface area contributed by atoms with Crippen molar-refractivity contribution in [2.45, 2.75) is 13.0 Å². The van der Waals surface area contributed by atoms with Gasteiger partial charge in [-0.2, -0.15) is 10.4 Å². The summed E-state index contributed by atoms with van der Waals surface area (Å²) < 4.78 is 2.59. The molecule has 5 nitrogen and oxygen atoms in total. The highest BCUT2D eigenvalue weighted by molar-refractivity contribution is 9.10. The summed E-state index contributed by atoms with van der Waals surface area (Å²) in [5, 5.41) is 15.5. The smallest absolute Gasteiger partial charge is 0.226 e. The number of hydrogen-bond donors (Lipinski definition) is 1. The van der Waals surface area contributed by atoms with Crippen molar-refractivity contribution >= 4 is 27.5 Å². The van der Waals surface area contributed by atoms with E-state index in [1.54, 1.807) is 35.1 Å². The van der Waals surface area contributed by atoms with Gasteiger partial charge >= 0.3 is 0 Å². The molecule has 0 fully saturated rings. The number of nitrogens with one attached hydrogen (secondary N) is 1. The summed E-state index contributed by atoms with van der Waals surface area (Å²) in [5.41, 5.74) is 1.25. The van der Waals surface area contributed by atoms with Gasteiger partial charge in [0.05, 0.1) is 22.3 Å². The first-order chi connectivity index (χ1) is 9.17. The highest BCUT2D eigenvalue weighted by atomic mass is 79.9. The highest BCUT2D eigenvalue weighted by Gasteiger charge is 2.04. The predicted octanol–water partition coefficient (Wildman–Crippen LogP) is 2.55. The average molecular weight is 319 g/mol. The molecule has 0 radical (unpaired) electrons. The maximum Gasteiger partial charge on any atom is 0.226 e. The topological polar surface area (TPSA) is 70.7 Å². The number of rotatable bonds is 4. The maximum atomic E-state index is 11.7. The lowest BCUT2D eigenvalue weighted by molar-refractivity contribution is -0.116. The van der Waals surface area contributed by atoms with Crippen LogP contribution in [0.15, 0.2) is 41.1 Å². The summed E-state index contributed by atoms with van der Waals surface area (Å²) in [6.45, 7) is 0.522. The minimum Gasteiger partial charge on any atom is -0.326 e. The lowest BCUT2D eigenvalue weighted by Crippen LogP contribution is -2.14. The standard InChI is InChI=1S/C13H11BrN4O/c14-11-8-16-18(9-11)6-5-13(19)17-12-3-1-10(7-15)2-4-12/h1-4,8-9H,5-6H2,(H,17,19). The lowest BCUT2D eigenvalue weighted by Gasteiger charge is -2.05. The van der Waals surface area contributed by atoms with E-state index in [1.165, 1.54) is 0 Å². The number of aromatic nitrogens is 2. The van der Waals surface area contributed by atoms with Gasteiger partial charge in [-0.25, -0.2) is 0 Å². The molecule has 0 spiro atoms. The van der Waals surface area contributed by atoms with Gasteiger partial charge in [0.1, 0.15) is 0 Å². The Morgan fingerprint density at radius 1 is 1.42 bits per heavy atom. The van der Waals surface area contributed by atoms with Crippen LogP contribution in [0.5, 0.6) is 0 Å². The van der Waals surface area contributed by atoms with Crippen LogP contribution in [0.2, 0.25) is 0 Å². The van der Waals surface area contributed by atoms with Crippen molar-refractivity contribution in [1.29, 1.82) is 5.26 Å². The third-order valence-corrected chi connectivity index (χ3v) is 2.88. The molecule has 0 aliphatic heterocycles. The van der Waals surface area contributed by atoms with Crippen molar-refractivity contribution in [3.05, 3.63) is 46.7 Å². The molecule has 0 bridgehead atoms. The molecule has 2 rings (SSSR count). The largest absolute Gasteiger partial charge is 0.326 e. The Bertz CT molecular complexity index is 612. The van der Waals surface area contributed by atoms with Crippen LogP contribution in [0.1, 0.15) is 12.0 Å². The summed E-state index contributed by atoms with van der Waals surface area (Å²) in [6, 6.07) is 8.78. The number of amides is 1. The molecular formula is C13H11BrN4O. The van der Waals surface area contributed by atoms with Crippen LogP contribution in [0.3, 0.4) is 0 Å². The monoisotopic (exact) mass is 318 g/mol. The summed E-state index contributed by atoms with van der Waals surface area (Å²) in [4.78, 5) is 11.7. The number of aryl methyl sites for hydroxylation is 1. The Labute approximate surface area is 119 Å². The molecule has 19 heavy (non-hydrogen) atoms. The first kappa shape index (κ1) is 13.3. The fourth-order valence-electron chi connectivity index (χ4n) is 1.53. The second kappa shape index (κ2) is 6.16. The zero-order valence-electron chi connectivity index (χ0n) is 10.0. The molecule has 1 aromatic carbocycles. The molecule has 1 N–H and O–H groups in total. The Kier molecular flexibility index (Phi) is 4.31. The van der Waals surface area contributed by atoms with Crippen LogP contribution in [0.25, 0.3) is 0 Å². The molecule has 96 valence electrons. The minimum atomic E-state index is -0.0867. The molecule has 1 amide bonds. The fraction of sp³-hybridized carbons (Fsp3) is 0.154. The zero-order chi connectivity index (χ0) is 13.7. The van der Waals surface area contributed by atoms with Crippen LogP contribution in [-0.2, 0) is 11.3 Å². The molecule has 0 saturated carbocycles. The Hall–Kier alpha value is -2.13. The molecular weight excluding hydrogens is 308 g/mol. The first-order valence-corrected chi connectivity index (χ1v) is 6.44. The summed E-state index contributed by atoms with van der Waals surface area (Å²) in [7, 11) is 0. The quantitative estimate of drug-likeness (QED) is 0.941. The van der Waals surface area contributed by atoms with Gasteiger partial charge in [-0.1, -0.05) is 0 Å². The summed E-state index contributed by atoms with van der Waals surface area (Å²) in [6.07, 6.45) is 3.83. The number of benzene rings is 1. The zero-order valence-corrected chi connectivity index (χ0v) is 11.6. The van der Waals surface area contributed by atoms with Gasteiger partial charge < -0.3 is 5.32 Å². The Morgan fingerprint density at radius 3 is 2.74 bits per heavy atom. The lowest BCUT2D eigenvalue weighted by atomic mass is 10.2. The molecule has 0 atom stereocenters. The molecule has 0 saturated heterocycles. The van der Waals surface area contributed by atoms with Crippen LogP contribution in [0.4, 0.5) is 5.69 Å². The van der Waals surface area contributed by atoms with Crippen molar-refractivity contribution in [3.8, 4) is 6.07 Å². The number of nitriles is 1. The number of halogens is 1. The van der Waals surface area contributed by atoms with E-state index in [-0.39, 0.29) is 5.91 Å². The normalized spacial score (nSPS) is 9.89. The third kappa shape index (κ3) is 3.93. The minimum absolute atomic E-state index is 0.0867. The van der Waals surface area contributed by atoms with Gasteiger partial charge in [0.25, 0.3) is 0 Å². The molecule has 6 heteroatoms. The van der Waals surface area contributed by atoms with Crippen molar-refractivity contribution in [2.24, 2.45) is 0 Å². The van der Waals surface area contributed by atoms with Gasteiger partial charge in [-0.3, -0.25) is 9.48 Å². The molecule has 1 aromatic heterocycles. The maximum absolute atomic E-state index is 11.7. The van der Waals surface area contributed by atoms with E-state index in [0.29, 0.717) is 24.2 Å². The van der Waals surface area contributed by atoms with Crippen LogP contribution >= 0.6 is 15.9 Å². The van der Waals surface area contributed by atoms with E-state index >= 15 is 0 Å². The van der Waals surface area contributed by atoms with E-state index < -0.39 is 0 Å². The summed E-state index contributed by atoms with van der Waals surface area (Å²) >= 11 is 3.30. The van der Waals surface area contributed by atoms with E-state index in [0.717, 1.165) is 4.47 Å². The highest BCUT2D eigenvalue weighted by Crippen LogP contribution is 2.10. The van der Waals surface area contributed by atoms with E-state index in [1.807, 2.05) is 12.3 Å². The van der Waals surface area contributed by atoms with Crippen LogP contribution in [0, 0.1) is 11.3 Å².